The highest BCUT2D eigenvalue weighted by atomic mass is 16.5. The van der Waals surface area contributed by atoms with Crippen LogP contribution in [0.15, 0.2) is 0 Å². The average Bonchev–Trinajstić information content (AvgIpc) is 2.87. The first-order valence-corrected chi connectivity index (χ1v) is 14.2. The highest BCUT2D eigenvalue weighted by Crippen LogP contribution is 2.35. The molecule has 0 radical (unpaired) electrons. The van der Waals surface area contributed by atoms with Crippen molar-refractivity contribution >= 4 is 12.1 Å². The Labute approximate surface area is 212 Å². The lowest BCUT2D eigenvalue weighted by molar-refractivity contribution is -0.0552. The molecule has 3 aliphatic rings. The number of hydrogen-bond acceptors (Lipinski definition) is 4. The number of nitrogens with one attached hydrogen (secondary N) is 2. The number of piperidine rings is 1. The van der Waals surface area contributed by atoms with Gasteiger partial charge in [-0.25, -0.2) is 9.59 Å². The van der Waals surface area contributed by atoms with E-state index in [9.17, 15) is 9.59 Å². The molecule has 0 aromatic heterocycles. The van der Waals surface area contributed by atoms with Gasteiger partial charge < -0.3 is 30.3 Å². The molecular formula is C27H50N4O4. The Morgan fingerprint density at radius 2 is 1.66 bits per heavy atom. The van der Waals surface area contributed by atoms with Crippen molar-refractivity contribution in [2.24, 2.45) is 17.8 Å². The van der Waals surface area contributed by atoms with Gasteiger partial charge in [-0.2, -0.15) is 0 Å². The van der Waals surface area contributed by atoms with Crippen molar-refractivity contribution < 1.29 is 19.4 Å². The zero-order valence-corrected chi connectivity index (χ0v) is 22.2. The predicted molar refractivity (Wildman–Crippen MR) is 139 cm³/mol. The molecule has 8 heteroatoms. The number of urea groups is 1. The molecule has 2 saturated carbocycles. The van der Waals surface area contributed by atoms with Crippen molar-refractivity contribution in [1.82, 2.24) is 20.4 Å². The minimum absolute atomic E-state index is 0.0683. The quantitative estimate of drug-likeness (QED) is 0.392. The second-order valence-corrected chi connectivity index (χ2v) is 11.2. The molecule has 3 fully saturated rings. The van der Waals surface area contributed by atoms with E-state index in [0.717, 1.165) is 44.8 Å². The summed E-state index contributed by atoms with van der Waals surface area (Å²) in [6.45, 7) is 3.14. The normalized spacial score (nSPS) is 24.1. The Morgan fingerprint density at radius 1 is 1.00 bits per heavy atom. The van der Waals surface area contributed by atoms with Crippen LogP contribution in [0.1, 0.15) is 83.5 Å². The molecule has 0 bridgehead atoms. The van der Waals surface area contributed by atoms with Crippen LogP contribution in [0.2, 0.25) is 0 Å². The van der Waals surface area contributed by atoms with Crippen LogP contribution in [0.25, 0.3) is 0 Å². The van der Waals surface area contributed by atoms with E-state index in [2.05, 4.69) is 10.6 Å². The molecule has 0 spiro atoms. The minimum atomic E-state index is -0.923. The van der Waals surface area contributed by atoms with E-state index in [1.807, 2.05) is 11.9 Å². The van der Waals surface area contributed by atoms with E-state index < -0.39 is 6.09 Å². The monoisotopic (exact) mass is 494 g/mol. The minimum Gasteiger partial charge on any atom is -0.465 e. The van der Waals surface area contributed by atoms with Crippen LogP contribution in [0.3, 0.4) is 0 Å². The molecule has 202 valence electrons. The summed E-state index contributed by atoms with van der Waals surface area (Å²) < 4.78 is 6.42. The molecule has 3 rings (SSSR count). The molecule has 1 saturated heterocycles. The van der Waals surface area contributed by atoms with Gasteiger partial charge in [-0.1, -0.05) is 51.4 Å². The van der Waals surface area contributed by atoms with Crippen LogP contribution < -0.4 is 10.6 Å². The molecule has 2 aliphatic carbocycles. The maximum absolute atomic E-state index is 13.3. The Bertz CT molecular complexity index is 637. The summed E-state index contributed by atoms with van der Waals surface area (Å²) >= 11 is 0. The Kier molecular flexibility index (Phi) is 11.9. The summed E-state index contributed by atoms with van der Waals surface area (Å²) in [5.74, 6) is 1.55. The zero-order valence-electron chi connectivity index (χ0n) is 22.2. The summed E-state index contributed by atoms with van der Waals surface area (Å²) in [7, 11) is 3.55. The summed E-state index contributed by atoms with van der Waals surface area (Å²) in [5, 5.41) is 15.8. The molecule has 0 aromatic rings. The molecule has 35 heavy (non-hydrogen) atoms. The molecule has 1 heterocycles. The van der Waals surface area contributed by atoms with E-state index >= 15 is 0 Å². The molecule has 3 unspecified atom stereocenters. The number of carboxylic acid groups (broad SMARTS) is 1. The van der Waals surface area contributed by atoms with Gasteiger partial charge in [0.2, 0.25) is 0 Å². The maximum Gasteiger partial charge on any atom is 0.407 e. The van der Waals surface area contributed by atoms with Crippen molar-refractivity contribution in [3.63, 3.8) is 0 Å². The van der Waals surface area contributed by atoms with Gasteiger partial charge in [0.1, 0.15) is 0 Å². The Hall–Kier alpha value is -1.54. The summed E-state index contributed by atoms with van der Waals surface area (Å²) in [6, 6.07) is 0.242. The maximum atomic E-state index is 13.3. The fourth-order valence-electron chi connectivity index (χ4n) is 6.53. The van der Waals surface area contributed by atoms with E-state index in [4.69, 9.17) is 9.84 Å². The summed E-state index contributed by atoms with van der Waals surface area (Å²) in [5.41, 5.74) is 0. The number of likely N-dealkylation sites (N-methyl/N-ethyl adjacent to an activating group) is 2. The number of amides is 3. The lowest BCUT2D eigenvalue weighted by atomic mass is 9.78. The lowest BCUT2D eigenvalue weighted by Gasteiger charge is -2.41. The van der Waals surface area contributed by atoms with Crippen molar-refractivity contribution in [1.29, 1.82) is 0 Å². The third-order valence-corrected chi connectivity index (χ3v) is 8.51. The van der Waals surface area contributed by atoms with Gasteiger partial charge in [0.15, 0.2) is 0 Å². The van der Waals surface area contributed by atoms with Gasteiger partial charge in [-0.15, -0.1) is 0 Å². The molecule has 0 aromatic carbocycles. The average molecular weight is 495 g/mol. The third-order valence-electron chi connectivity index (χ3n) is 8.51. The highest BCUT2D eigenvalue weighted by molar-refractivity contribution is 5.74. The number of hydrogen-bond donors (Lipinski definition) is 3. The van der Waals surface area contributed by atoms with Gasteiger partial charge in [0, 0.05) is 45.2 Å². The molecular weight excluding hydrogens is 444 g/mol. The number of ether oxygens (including phenoxy) is 1. The number of nitrogens with zero attached hydrogens (tertiary/aromatic N) is 2. The van der Waals surface area contributed by atoms with E-state index in [-0.39, 0.29) is 18.2 Å². The number of likely N-dealkylation sites (tertiary alicyclic amines) is 1. The first kappa shape index (κ1) is 28.0. The topological polar surface area (TPSA) is 94.1 Å². The standard InChI is InChI=1S/C27H50N4O4/c1-28-19-24(18-21-10-5-3-6-11-21)29-26(32)31-15-9-14-23(20-31)25(22-12-7-4-8-13-22)35-17-16-30(2)27(33)34/h21-25,28H,3-20H2,1-2H3,(H,29,32)(H,33,34). The number of carbonyl (C=O) groups excluding carboxylic acids is 1. The second kappa shape index (κ2) is 14.9. The van der Waals surface area contributed by atoms with Crippen LogP contribution in [0.4, 0.5) is 9.59 Å². The lowest BCUT2D eigenvalue weighted by Crippen LogP contribution is -2.53. The molecule has 3 atom stereocenters. The van der Waals surface area contributed by atoms with Gasteiger partial charge >= 0.3 is 12.1 Å². The fraction of sp³-hybridized carbons (Fsp3) is 0.926. The Morgan fingerprint density at radius 3 is 2.31 bits per heavy atom. The van der Waals surface area contributed by atoms with Gasteiger partial charge in [0.05, 0.1) is 12.7 Å². The number of rotatable bonds is 11. The largest absolute Gasteiger partial charge is 0.465 e. The fourth-order valence-corrected chi connectivity index (χ4v) is 6.53. The van der Waals surface area contributed by atoms with Crippen molar-refractivity contribution in [2.75, 3.05) is 46.9 Å². The van der Waals surface area contributed by atoms with Crippen LogP contribution >= 0.6 is 0 Å². The summed E-state index contributed by atoms with van der Waals surface area (Å²) in [4.78, 5) is 27.8. The van der Waals surface area contributed by atoms with E-state index in [1.165, 1.54) is 69.1 Å². The Balaban J connectivity index is 1.57. The summed E-state index contributed by atoms with van der Waals surface area (Å²) in [6.07, 6.45) is 15.0. The van der Waals surface area contributed by atoms with Crippen LogP contribution in [-0.2, 0) is 4.74 Å². The van der Waals surface area contributed by atoms with Crippen LogP contribution in [0, 0.1) is 17.8 Å². The number of carbonyl (C=O) groups is 2. The van der Waals surface area contributed by atoms with Gasteiger partial charge in [0.25, 0.3) is 0 Å². The third kappa shape index (κ3) is 9.12. The SMILES string of the molecule is CNCC(CC1CCCCC1)NC(=O)N1CCCC(C(OCCN(C)C(=O)O)C2CCCCC2)C1. The van der Waals surface area contributed by atoms with Crippen molar-refractivity contribution in [3.05, 3.63) is 0 Å². The van der Waals surface area contributed by atoms with Crippen molar-refractivity contribution in [2.45, 2.75) is 95.6 Å². The van der Waals surface area contributed by atoms with E-state index in [1.54, 1.807) is 7.05 Å². The van der Waals surface area contributed by atoms with Crippen LogP contribution in [-0.4, -0.2) is 86.1 Å². The van der Waals surface area contributed by atoms with E-state index in [0.29, 0.717) is 25.0 Å². The zero-order chi connectivity index (χ0) is 25.0. The first-order valence-electron chi connectivity index (χ1n) is 14.2. The first-order chi connectivity index (χ1) is 17.0. The molecule has 3 N–H and O–H groups in total. The van der Waals surface area contributed by atoms with Crippen LogP contribution in [0.5, 0.6) is 0 Å². The molecule has 8 nitrogen and oxygen atoms in total. The highest BCUT2D eigenvalue weighted by Gasteiger charge is 2.36. The predicted octanol–water partition coefficient (Wildman–Crippen LogP) is 4.54. The second-order valence-electron chi connectivity index (χ2n) is 11.2. The van der Waals surface area contributed by atoms with Gasteiger partial charge in [-0.05, 0) is 51.0 Å². The molecule has 3 amide bonds. The smallest absolute Gasteiger partial charge is 0.407 e. The molecule has 1 aliphatic heterocycles. The van der Waals surface area contributed by atoms with Gasteiger partial charge in [-0.3, -0.25) is 0 Å². The van der Waals surface area contributed by atoms with Crippen molar-refractivity contribution in [3.8, 4) is 0 Å².